The third kappa shape index (κ3) is 3.44. The fourth-order valence-corrected chi connectivity index (χ4v) is 3.00. The van der Waals surface area contributed by atoms with Gasteiger partial charge in [0.1, 0.15) is 16.8 Å². The van der Waals surface area contributed by atoms with Gasteiger partial charge in [-0.15, -0.1) is 10.2 Å². The molecular weight excluding hydrogens is 352 g/mol. The average molecular weight is 372 g/mol. The number of anilines is 1. The second kappa shape index (κ2) is 7.52. The summed E-state index contributed by atoms with van der Waals surface area (Å²) in [5, 5.41) is 12.0. The van der Waals surface area contributed by atoms with Gasteiger partial charge in [0.05, 0.1) is 18.4 Å². The van der Waals surface area contributed by atoms with Crippen LogP contribution in [0.1, 0.15) is 22.8 Å². The standard InChI is InChI=1S/C22H20N4O2/c1-3-15-8-11-17(12-9-15)26-24-19-13-10-16(14-20(19)25-26)23-22(27)18-6-4-5-7-21(18)28-2/h4-14H,3H2,1-2H3,(H,23,27). The van der Waals surface area contributed by atoms with E-state index in [4.69, 9.17) is 4.74 Å². The van der Waals surface area contributed by atoms with Crippen molar-refractivity contribution in [3.05, 3.63) is 77.9 Å². The number of aromatic nitrogens is 3. The summed E-state index contributed by atoms with van der Waals surface area (Å²) in [5.74, 6) is 0.293. The van der Waals surface area contributed by atoms with Crippen molar-refractivity contribution in [2.24, 2.45) is 0 Å². The van der Waals surface area contributed by atoms with Crippen LogP contribution in [0, 0.1) is 0 Å². The van der Waals surface area contributed by atoms with Crippen molar-refractivity contribution in [1.82, 2.24) is 15.0 Å². The van der Waals surface area contributed by atoms with Crippen molar-refractivity contribution in [3.63, 3.8) is 0 Å². The molecule has 140 valence electrons. The molecule has 0 saturated heterocycles. The van der Waals surface area contributed by atoms with Crippen molar-refractivity contribution in [2.45, 2.75) is 13.3 Å². The molecule has 6 nitrogen and oxygen atoms in total. The van der Waals surface area contributed by atoms with Gasteiger partial charge in [0.15, 0.2) is 0 Å². The summed E-state index contributed by atoms with van der Waals surface area (Å²) < 4.78 is 5.26. The largest absolute Gasteiger partial charge is 0.496 e. The van der Waals surface area contributed by atoms with E-state index in [2.05, 4.69) is 34.6 Å². The molecule has 0 spiro atoms. The van der Waals surface area contributed by atoms with E-state index < -0.39 is 0 Å². The molecule has 0 fully saturated rings. The number of carbonyl (C=O) groups excluding carboxylic acids is 1. The van der Waals surface area contributed by atoms with Crippen LogP contribution in [0.3, 0.4) is 0 Å². The molecular formula is C22H20N4O2. The first-order valence-electron chi connectivity index (χ1n) is 9.08. The maximum atomic E-state index is 12.6. The number of hydrogen-bond donors (Lipinski definition) is 1. The molecule has 1 N–H and O–H groups in total. The van der Waals surface area contributed by atoms with Crippen LogP contribution in [-0.2, 0) is 6.42 Å². The van der Waals surface area contributed by atoms with E-state index in [0.29, 0.717) is 22.5 Å². The molecule has 28 heavy (non-hydrogen) atoms. The highest BCUT2D eigenvalue weighted by atomic mass is 16.5. The smallest absolute Gasteiger partial charge is 0.259 e. The lowest BCUT2D eigenvalue weighted by Gasteiger charge is -2.08. The van der Waals surface area contributed by atoms with Crippen molar-refractivity contribution >= 4 is 22.6 Å². The van der Waals surface area contributed by atoms with Crippen molar-refractivity contribution < 1.29 is 9.53 Å². The van der Waals surface area contributed by atoms with Gasteiger partial charge in [-0.2, -0.15) is 4.80 Å². The fraction of sp³-hybridized carbons (Fsp3) is 0.136. The maximum Gasteiger partial charge on any atom is 0.259 e. The minimum atomic E-state index is -0.237. The van der Waals surface area contributed by atoms with Gasteiger partial charge in [-0.05, 0) is 54.4 Å². The van der Waals surface area contributed by atoms with Crippen LogP contribution in [0.2, 0.25) is 0 Å². The topological polar surface area (TPSA) is 69.0 Å². The highest BCUT2D eigenvalue weighted by Gasteiger charge is 2.13. The van der Waals surface area contributed by atoms with E-state index in [9.17, 15) is 4.79 Å². The van der Waals surface area contributed by atoms with Crippen molar-refractivity contribution in [3.8, 4) is 11.4 Å². The molecule has 0 radical (unpaired) electrons. The molecule has 3 aromatic carbocycles. The van der Waals surface area contributed by atoms with Crippen LogP contribution in [0.15, 0.2) is 66.7 Å². The molecule has 0 atom stereocenters. The van der Waals surface area contributed by atoms with E-state index in [1.165, 1.54) is 5.56 Å². The summed E-state index contributed by atoms with van der Waals surface area (Å²) in [5.41, 5.74) is 4.75. The van der Waals surface area contributed by atoms with Crippen LogP contribution in [-0.4, -0.2) is 28.0 Å². The summed E-state index contributed by atoms with van der Waals surface area (Å²) in [6.45, 7) is 2.12. The van der Waals surface area contributed by atoms with Crippen LogP contribution in [0.25, 0.3) is 16.7 Å². The highest BCUT2D eigenvalue weighted by Crippen LogP contribution is 2.21. The number of amides is 1. The number of nitrogens with one attached hydrogen (secondary N) is 1. The highest BCUT2D eigenvalue weighted by molar-refractivity contribution is 6.06. The first kappa shape index (κ1) is 17.7. The Hall–Kier alpha value is -3.67. The maximum absolute atomic E-state index is 12.6. The molecule has 1 aromatic heterocycles. The van der Waals surface area contributed by atoms with Crippen molar-refractivity contribution in [2.75, 3.05) is 12.4 Å². The first-order chi connectivity index (χ1) is 13.7. The second-order valence-corrected chi connectivity index (χ2v) is 6.37. The van der Waals surface area contributed by atoms with Gasteiger partial charge < -0.3 is 10.1 Å². The summed E-state index contributed by atoms with van der Waals surface area (Å²) in [6.07, 6.45) is 0.990. The predicted octanol–water partition coefficient (Wildman–Crippen LogP) is 4.24. The third-order valence-electron chi connectivity index (χ3n) is 4.57. The quantitative estimate of drug-likeness (QED) is 0.569. The molecule has 0 aliphatic rings. The Bertz CT molecular complexity index is 1130. The second-order valence-electron chi connectivity index (χ2n) is 6.37. The van der Waals surface area contributed by atoms with Gasteiger partial charge >= 0.3 is 0 Å². The number of rotatable bonds is 5. The van der Waals surface area contributed by atoms with Gasteiger partial charge in [-0.1, -0.05) is 31.2 Å². The first-order valence-corrected chi connectivity index (χ1v) is 9.08. The minimum Gasteiger partial charge on any atom is -0.496 e. The molecule has 1 amide bonds. The zero-order valence-electron chi connectivity index (χ0n) is 15.7. The summed E-state index contributed by atoms with van der Waals surface area (Å²) in [6, 6.07) is 20.7. The molecule has 0 unspecified atom stereocenters. The number of benzene rings is 3. The van der Waals surface area contributed by atoms with E-state index in [0.717, 1.165) is 17.6 Å². The molecule has 1 heterocycles. The normalized spacial score (nSPS) is 10.8. The lowest BCUT2D eigenvalue weighted by molar-refractivity contribution is 0.102. The van der Waals surface area contributed by atoms with Gasteiger partial charge in [-0.3, -0.25) is 4.79 Å². The van der Waals surface area contributed by atoms with Gasteiger partial charge in [0.25, 0.3) is 5.91 Å². The van der Waals surface area contributed by atoms with Crippen LogP contribution >= 0.6 is 0 Å². The van der Waals surface area contributed by atoms with E-state index in [-0.39, 0.29) is 5.91 Å². The molecule has 0 bridgehead atoms. The lowest BCUT2D eigenvalue weighted by atomic mass is 10.2. The fourth-order valence-electron chi connectivity index (χ4n) is 3.00. The number of aryl methyl sites for hydroxylation is 1. The summed E-state index contributed by atoms with van der Waals surface area (Å²) in [4.78, 5) is 14.2. The summed E-state index contributed by atoms with van der Waals surface area (Å²) >= 11 is 0. The van der Waals surface area contributed by atoms with Gasteiger partial charge in [0.2, 0.25) is 0 Å². The Morgan fingerprint density at radius 3 is 2.50 bits per heavy atom. The molecule has 4 rings (SSSR count). The van der Waals surface area contributed by atoms with E-state index in [1.807, 2.05) is 36.4 Å². The minimum absolute atomic E-state index is 0.237. The monoisotopic (exact) mass is 372 g/mol. The molecule has 0 saturated carbocycles. The molecule has 0 aliphatic carbocycles. The summed E-state index contributed by atoms with van der Waals surface area (Å²) in [7, 11) is 1.55. The van der Waals surface area contributed by atoms with Crippen LogP contribution in [0.4, 0.5) is 5.69 Å². The number of para-hydroxylation sites is 1. The number of hydrogen-bond acceptors (Lipinski definition) is 4. The molecule has 0 aliphatic heterocycles. The number of nitrogens with zero attached hydrogens (tertiary/aromatic N) is 3. The number of carbonyl (C=O) groups is 1. The van der Waals surface area contributed by atoms with E-state index in [1.54, 1.807) is 30.1 Å². The van der Waals surface area contributed by atoms with Crippen LogP contribution in [0.5, 0.6) is 5.75 Å². The number of fused-ring (bicyclic) bond motifs is 1. The Labute approximate surface area is 162 Å². The predicted molar refractivity (Wildman–Crippen MR) is 109 cm³/mol. The van der Waals surface area contributed by atoms with E-state index >= 15 is 0 Å². The Morgan fingerprint density at radius 1 is 1.00 bits per heavy atom. The number of methoxy groups -OCH3 is 1. The zero-order chi connectivity index (χ0) is 19.5. The van der Waals surface area contributed by atoms with Crippen molar-refractivity contribution in [1.29, 1.82) is 0 Å². The molecule has 4 aromatic rings. The molecule has 6 heteroatoms. The van der Waals surface area contributed by atoms with Gasteiger partial charge in [-0.25, -0.2) is 0 Å². The number of ether oxygens (including phenoxy) is 1. The Balaban J connectivity index is 1.60. The van der Waals surface area contributed by atoms with Gasteiger partial charge in [0, 0.05) is 5.69 Å². The zero-order valence-corrected chi connectivity index (χ0v) is 15.7. The SMILES string of the molecule is CCc1ccc(-n2nc3ccc(NC(=O)c4ccccc4OC)cc3n2)cc1. The Kier molecular flexibility index (Phi) is 4.76. The van der Waals surface area contributed by atoms with Crippen LogP contribution < -0.4 is 10.1 Å². The third-order valence-corrected chi connectivity index (χ3v) is 4.57. The Morgan fingerprint density at radius 2 is 1.75 bits per heavy atom. The average Bonchev–Trinajstić information content (AvgIpc) is 3.17. The lowest BCUT2D eigenvalue weighted by Crippen LogP contribution is -2.13.